The van der Waals surface area contributed by atoms with Gasteiger partial charge in [0.2, 0.25) is 5.91 Å². The third kappa shape index (κ3) is 7.74. The Balaban J connectivity index is 0.000000184. The van der Waals surface area contributed by atoms with E-state index < -0.39 is 11.7 Å². The SMILES string of the molecule is COCc1ccc(C2CCCN2c2ccc(C#N)c(C(F)(F)F)c2)o1.O=C(Cc1ccccc1[NH2+]O)N1CCCC1C1CCCC1. The van der Waals surface area contributed by atoms with Crippen LogP contribution in [0.4, 0.5) is 24.5 Å². The quantitative estimate of drug-likeness (QED) is 0.211. The van der Waals surface area contributed by atoms with Gasteiger partial charge in [-0.25, -0.2) is 5.21 Å². The summed E-state index contributed by atoms with van der Waals surface area (Å²) in [5.74, 6) is 2.33. The highest BCUT2D eigenvalue weighted by atomic mass is 19.4. The number of para-hydroxylation sites is 1. The number of methoxy groups -OCH3 is 1. The van der Waals surface area contributed by atoms with Crippen LogP contribution in [0.1, 0.15) is 85.6 Å². The number of alkyl halides is 3. The third-order valence-electron chi connectivity index (χ3n) is 9.41. The summed E-state index contributed by atoms with van der Waals surface area (Å²) < 4.78 is 50.4. The zero-order valence-corrected chi connectivity index (χ0v) is 26.1. The highest BCUT2D eigenvalue weighted by molar-refractivity contribution is 5.80. The van der Waals surface area contributed by atoms with Gasteiger partial charge in [0.25, 0.3) is 0 Å². The number of nitrogens with zero attached hydrogens (tertiary/aromatic N) is 3. The summed E-state index contributed by atoms with van der Waals surface area (Å²) in [6.07, 6.45) is 5.02. The molecule has 2 saturated heterocycles. The number of nitrogens with two attached hydrogens (primary N) is 1. The average molecular weight is 640 g/mol. The van der Waals surface area contributed by atoms with Gasteiger partial charge in [-0.15, -0.1) is 0 Å². The van der Waals surface area contributed by atoms with E-state index in [1.165, 1.54) is 38.2 Å². The molecule has 2 aliphatic heterocycles. The summed E-state index contributed by atoms with van der Waals surface area (Å²) in [5.41, 5.74) is 1.94. The van der Waals surface area contributed by atoms with Crippen molar-refractivity contribution in [3.8, 4) is 6.07 Å². The van der Waals surface area contributed by atoms with Gasteiger partial charge in [-0.3, -0.25) is 4.79 Å². The number of anilines is 1. The highest BCUT2D eigenvalue weighted by Crippen LogP contribution is 2.40. The minimum atomic E-state index is -4.56. The molecule has 2 unspecified atom stereocenters. The van der Waals surface area contributed by atoms with Gasteiger partial charge in [0, 0.05) is 43.6 Å². The molecule has 3 fully saturated rings. The molecule has 2 atom stereocenters. The van der Waals surface area contributed by atoms with Crippen LogP contribution in [0.3, 0.4) is 0 Å². The Morgan fingerprint density at radius 2 is 1.80 bits per heavy atom. The average Bonchev–Trinajstić information content (AvgIpc) is 3.88. The lowest BCUT2D eigenvalue weighted by atomic mass is 9.95. The van der Waals surface area contributed by atoms with E-state index in [-0.39, 0.29) is 17.5 Å². The van der Waals surface area contributed by atoms with Gasteiger partial charge in [-0.2, -0.15) is 23.9 Å². The first-order valence-corrected chi connectivity index (χ1v) is 16.0. The number of halogens is 3. The maximum atomic E-state index is 13.2. The Morgan fingerprint density at radius 1 is 1.04 bits per heavy atom. The molecule has 1 aliphatic carbocycles. The van der Waals surface area contributed by atoms with Gasteiger partial charge in [0.05, 0.1) is 29.7 Å². The first-order valence-electron chi connectivity index (χ1n) is 16.0. The summed E-state index contributed by atoms with van der Waals surface area (Å²) in [5, 5.41) is 18.2. The molecule has 0 bridgehead atoms. The number of hydrogen-bond acceptors (Lipinski definition) is 6. The minimum absolute atomic E-state index is 0.125. The number of rotatable bonds is 8. The Bertz CT molecular complexity index is 1510. The number of nitriles is 1. The normalized spacial score (nSPS) is 20.1. The van der Waals surface area contributed by atoms with Crippen molar-refractivity contribution in [1.29, 1.82) is 5.26 Å². The van der Waals surface area contributed by atoms with Crippen molar-refractivity contribution in [2.45, 2.75) is 82.7 Å². The van der Waals surface area contributed by atoms with Crippen LogP contribution in [0.2, 0.25) is 0 Å². The summed E-state index contributed by atoms with van der Waals surface area (Å²) in [6.45, 7) is 1.89. The number of carbonyl (C=O) groups is 1. The molecule has 11 heteroatoms. The van der Waals surface area contributed by atoms with Crippen LogP contribution in [0.5, 0.6) is 0 Å². The van der Waals surface area contributed by atoms with Crippen LogP contribution in [-0.4, -0.2) is 42.3 Å². The van der Waals surface area contributed by atoms with Crippen LogP contribution >= 0.6 is 0 Å². The van der Waals surface area contributed by atoms with E-state index in [9.17, 15) is 23.2 Å². The fourth-order valence-electron chi connectivity index (χ4n) is 7.23. The largest absolute Gasteiger partial charge is 0.461 e. The predicted molar refractivity (Wildman–Crippen MR) is 165 cm³/mol. The second-order valence-electron chi connectivity index (χ2n) is 12.3. The monoisotopic (exact) mass is 639 g/mol. The number of likely N-dealkylation sites (tertiary alicyclic amines) is 1. The first-order chi connectivity index (χ1) is 22.2. The van der Waals surface area contributed by atoms with E-state index in [1.54, 1.807) is 19.2 Å². The summed E-state index contributed by atoms with van der Waals surface area (Å²) in [6, 6.07) is 17.0. The zero-order valence-electron chi connectivity index (χ0n) is 26.1. The lowest BCUT2D eigenvalue weighted by Crippen LogP contribution is -2.74. The Kier molecular flexibility index (Phi) is 11.0. The third-order valence-corrected chi connectivity index (χ3v) is 9.41. The fraction of sp³-hybridized carbons (Fsp3) is 0.486. The lowest BCUT2D eigenvalue weighted by molar-refractivity contribution is -0.826. The van der Waals surface area contributed by atoms with Crippen molar-refractivity contribution in [3.05, 3.63) is 82.8 Å². The minimum Gasteiger partial charge on any atom is -0.461 e. The number of amides is 1. The van der Waals surface area contributed by atoms with Gasteiger partial charge >= 0.3 is 6.18 Å². The number of ether oxygens (including phenoxy) is 1. The molecule has 8 nitrogen and oxygen atoms in total. The molecule has 46 heavy (non-hydrogen) atoms. The van der Waals surface area contributed by atoms with Gasteiger partial charge in [-0.1, -0.05) is 31.0 Å². The van der Waals surface area contributed by atoms with Gasteiger partial charge in [0.15, 0.2) is 5.69 Å². The summed E-state index contributed by atoms with van der Waals surface area (Å²) in [4.78, 5) is 16.7. The Labute approximate surface area is 267 Å². The molecule has 1 aromatic heterocycles. The second kappa shape index (κ2) is 15.2. The Morgan fingerprint density at radius 3 is 2.52 bits per heavy atom. The van der Waals surface area contributed by atoms with Gasteiger partial charge < -0.3 is 19.0 Å². The van der Waals surface area contributed by atoms with E-state index in [4.69, 9.17) is 14.4 Å². The summed E-state index contributed by atoms with van der Waals surface area (Å²) in [7, 11) is 1.57. The van der Waals surface area contributed by atoms with Gasteiger partial charge in [0.1, 0.15) is 18.1 Å². The van der Waals surface area contributed by atoms with Crippen molar-refractivity contribution < 1.29 is 37.8 Å². The topological polar surface area (TPSA) is 107 Å². The molecule has 0 radical (unpaired) electrons. The number of hydrogen-bond donors (Lipinski definition) is 2. The first kappa shape index (κ1) is 33.5. The van der Waals surface area contributed by atoms with Crippen molar-refractivity contribution in [2.24, 2.45) is 5.92 Å². The molecular weight excluding hydrogens is 597 g/mol. The van der Waals surface area contributed by atoms with E-state index >= 15 is 0 Å². The highest BCUT2D eigenvalue weighted by Gasteiger charge is 2.37. The number of carbonyl (C=O) groups excluding carboxylic acids is 1. The van der Waals surface area contributed by atoms with Crippen molar-refractivity contribution >= 4 is 17.3 Å². The smallest absolute Gasteiger partial charge is 0.417 e. The van der Waals surface area contributed by atoms with E-state index in [0.717, 1.165) is 54.5 Å². The summed E-state index contributed by atoms with van der Waals surface area (Å²) >= 11 is 0. The van der Waals surface area contributed by atoms with Crippen LogP contribution in [0.15, 0.2) is 59.0 Å². The molecule has 3 aromatic rings. The van der Waals surface area contributed by atoms with Crippen molar-refractivity contribution in [2.75, 3.05) is 25.1 Å². The predicted octanol–water partition coefficient (Wildman–Crippen LogP) is 6.65. The molecule has 246 valence electrons. The maximum Gasteiger partial charge on any atom is 0.417 e. The second-order valence-corrected chi connectivity index (χ2v) is 12.3. The van der Waals surface area contributed by atoms with Crippen molar-refractivity contribution in [3.63, 3.8) is 0 Å². The molecule has 6 rings (SSSR count). The maximum absolute atomic E-state index is 13.2. The fourth-order valence-corrected chi connectivity index (χ4v) is 7.23. The molecule has 0 spiro atoms. The number of furan rings is 1. The molecule has 1 amide bonds. The number of quaternary nitrogens is 1. The van der Waals surface area contributed by atoms with Crippen molar-refractivity contribution in [1.82, 2.24) is 4.90 Å². The van der Waals surface area contributed by atoms with Gasteiger partial charge in [-0.05, 0) is 74.8 Å². The Hall–Kier alpha value is -3.85. The standard InChI is InChI=1S/C18H17F3N2O2.C17H24N2O2/c1-24-11-14-6-7-17(25-14)16-3-2-8-23(16)13-5-4-12(10-22)15(9-13)18(19,20)21;20-17(12-14-8-3-4-9-15(14)18-21)19-11-5-10-16(19)13-6-1-2-7-13/h4-7,9,16H,2-3,8,11H2,1H3;3-4,8-9,13,16,18,21H,1-2,5-7,10-12H2/p+1. The molecule has 3 aliphatic rings. The molecule has 3 N–H and O–H groups in total. The zero-order chi connectivity index (χ0) is 32.7. The van der Waals surface area contributed by atoms with Crippen LogP contribution in [0.25, 0.3) is 0 Å². The van der Waals surface area contributed by atoms with E-state index in [0.29, 0.717) is 42.8 Å². The number of benzene rings is 2. The molecular formula is C35H42F3N4O4+. The van der Waals surface area contributed by atoms with E-state index in [2.05, 4.69) is 4.90 Å². The van der Waals surface area contributed by atoms with Crippen LogP contribution in [0, 0.1) is 17.2 Å². The van der Waals surface area contributed by atoms with Crippen LogP contribution < -0.4 is 10.4 Å². The van der Waals surface area contributed by atoms with E-state index in [1.807, 2.05) is 41.3 Å². The molecule has 3 heterocycles. The molecule has 1 saturated carbocycles. The van der Waals surface area contributed by atoms with Crippen LogP contribution in [-0.2, 0) is 28.7 Å². The lowest BCUT2D eigenvalue weighted by Gasteiger charge is -2.29. The molecule has 2 aromatic carbocycles.